The van der Waals surface area contributed by atoms with Gasteiger partial charge in [-0.3, -0.25) is 9.59 Å². The Balaban J connectivity index is 1.75. The molecule has 0 radical (unpaired) electrons. The van der Waals surface area contributed by atoms with Gasteiger partial charge in [0.15, 0.2) is 0 Å². The van der Waals surface area contributed by atoms with E-state index in [1.807, 2.05) is 44.2 Å². The molecule has 4 rings (SSSR count). The first-order valence-electron chi connectivity index (χ1n) is 11.8. The number of benzene rings is 3. The first kappa shape index (κ1) is 25.0. The Morgan fingerprint density at radius 3 is 2.28 bits per heavy atom. The Kier molecular flexibility index (Phi) is 7.71. The number of Topliss-reactive ketones (excluding diaryl/α,β-unsaturated/α-hetero) is 1. The molecule has 0 saturated carbocycles. The average Bonchev–Trinajstić information content (AvgIpc) is 3.13. The van der Waals surface area contributed by atoms with Crippen LogP contribution in [0.3, 0.4) is 0 Å². The van der Waals surface area contributed by atoms with Crippen LogP contribution >= 0.6 is 0 Å². The van der Waals surface area contributed by atoms with Crippen LogP contribution < -0.4 is 9.47 Å². The van der Waals surface area contributed by atoms with Crippen LogP contribution in [0.15, 0.2) is 84.4 Å². The van der Waals surface area contributed by atoms with Crippen molar-refractivity contribution < 1.29 is 28.9 Å². The summed E-state index contributed by atoms with van der Waals surface area (Å²) in [7, 11) is 1.53. The highest BCUT2D eigenvalue weighted by Crippen LogP contribution is 2.40. The number of methoxy groups -OCH3 is 1. The fourth-order valence-electron chi connectivity index (χ4n) is 4.14. The molecule has 1 amide bonds. The molecule has 1 aliphatic heterocycles. The van der Waals surface area contributed by atoms with Crippen LogP contribution in [0, 0.1) is 0 Å². The van der Waals surface area contributed by atoms with Crippen LogP contribution in [0.2, 0.25) is 0 Å². The van der Waals surface area contributed by atoms with Gasteiger partial charge in [-0.05, 0) is 67.9 Å². The number of ether oxygens (including phenoxy) is 3. The zero-order valence-electron chi connectivity index (χ0n) is 20.5. The second kappa shape index (κ2) is 11.1. The monoisotopic (exact) mass is 487 g/mol. The standard InChI is InChI=1S/C29H29NO6/c1-19(2)35-23-14-12-20(13-15-23)27(31)25-26(30(16-17-34-3)29(33)28(25)32)21-8-7-11-24(18-21)36-22-9-5-4-6-10-22/h4-15,18-19,26,31H,16-17H2,1-3H3/b27-25+. The normalized spacial score (nSPS) is 17.0. The summed E-state index contributed by atoms with van der Waals surface area (Å²) in [5, 5.41) is 11.2. The van der Waals surface area contributed by atoms with Crippen LogP contribution in [0.4, 0.5) is 0 Å². The van der Waals surface area contributed by atoms with Gasteiger partial charge < -0.3 is 24.2 Å². The van der Waals surface area contributed by atoms with Crippen LogP contribution in [0.5, 0.6) is 17.2 Å². The van der Waals surface area contributed by atoms with Crippen molar-refractivity contribution in [3.63, 3.8) is 0 Å². The Morgan fingerprint density at radius 2 is 1.61 bits per heavy atom. The van der Waals surface area contributed by atoms with E-state index in [0.717, 1.165) is 0 Å². The molecule has 0 bridgehead atoms. The molecule has 1 fully saturated rings. The topological polar surface area (TPSA) is 85.3 Å². The van der Waals surface area contributed by atoms with Crippen molar-refractivity contribution in [1.29, 1.82) is 0 Å². The Labute approximate surface area is 210 Å². The lowest BCUT2D eigenvalue weighted by Crippen LogP contribution is -2.32. The Bertz CT molecular complexity index is 1250. The number of aliphatic hydroxyl groups excluding tert-OH is 1. The zero-order valence-corrected chi connectivity index (χ0v) is 20.5. The number of rotatable bonds is 9. The molecule has 1 saturated heterocycles. The van der Waals surface area contributed by atoms with Crippen LogP contribution in [-0.4, -0.2) is 48.1 Å². The number of carbonyl (C=O) groups excluding carboxylic acids is 2. The van der Waals surface area contributed by atoms with Gasteiger partial charge in [-0.1, -0.05) is 30.3 Å². The number of aliphatic hydroxyl groups is 1. The van der Waals surface area contributed by atoms with E-state index in [0.29, 0.717) is 28.4 Å². The van der Waals surface area contributed by atoms with E-state index >= 15 is 0 Å². The summed E-state index contributed by atoms with van der Waals surface area (Å²) in [5.74, 6) is 0.171. The number of hydrogen-bond acceptors (Lipinski definition) is 6. The van der Waals surface area contributed by atoms with Gasteiger partial charge in [0.2, 0.25) is 0 Å². The summed E-state index contributed by atoms with van der Waals surface area (Å²) in [6.45, 7) is 4.27. The van der Waals surface area contributed by atoms with E-state index in [-0.39, 0.29) is 30.6 Å². The first-order valence-corrected chi connectivity index (χ1v) is 11.8. The lowest BCUT2D eigenvalue weighted by Gasteiger charge is -2.25. The van der Waals surface area contributed by atoms with Crippen LogP contribution in [-0.2, 0) is 14.3 Å². The zero-order chi connectivity index (χ0) is 25.7. The molecule has 1 N–H and O–H groups in total. The Hall–Kier alpha value is -4.10. The third-order valence-corrected chi connectivity index (χ3v) is 5.73. The van der Waals surface area contributed by atoms with E-state index in [9.17, 15) is 14.7 Å². The second-order valence-corrected chi connectivity index (χ2v) is 8.66. The van der Waals surface area contributed by atoms with Gasteiger partial charge in [-0.25, -0.2) is 0 Å². The van der Waals surface area contributed by atoms with Gasteiger partial charge in [-0.2, -0.15) is 0 Å². The summed E-state index contributed by atoms with van der Waals surface area (Å²) >= 11 is 0. The van der Waals surface area contributed by atoms with E-state index < -0.39 is 17.7 Å². The van der Waals surface area contributed by atoms with Crippen molar-refractivity contribution in [2.45, 2.75) is 26.0 Å². The van der Waals surface area contributed by atoms with Crippen molar-refractivity contribution in [3.05, 3.63) is 95.6 Å². The van der Waals surface area contributed by atoms with Gasteiger partial charge >= 0.3 is 0 Å². The maximum atomic E-state index is 13.2. The fraction of sp³-hybridized carbons (Fsp3) is 0.241. The largest absolute Gasteiger partial charge is 0.507 e. The lowest BCUT2D eigenvalue weighted by atomic mass is 9.95. The van der Waals surface area contributed by atoms with Crippen molar-refractivity contribution in [2.75, 3.05) is 20.3 Å². The third-order valence-electron chi connectivity index (χ3n) is 5.73. The highest BCUT2D eigenvalue weighted by atomic mass is 16.5. The summed E-state index contributed by atoms with van der Waals surface area (Å²) in [6, 6.07) is 22.5. The molecule has 1 unspecified atom stereocenters. The number of nitrogens with zero attached hydrogens (tertiary/aromatic N) is 1. The van der Waals surface area contributed by atoms with E-state index in [4.69, 9.17) is 14.2 Å². The number of likely N-dealkylation sites (tertiary alicyclic amines) is 1. The highest BCUT2D eigenvalue weighted by Gasteiger charge is 2.46. The maximum absolute atomic E-state index is 13.2. The molecular weight excluding hydrogens is 458 g/mol. The first-order chi connectivity index (χ1) is 17.4. The molecular formula is C29H29NO6. The molecule has 3 aromatic carbocycles. The molecule has 36 heavy (non-hydrogen) atoms. The third kappa shape index (κ3) is 5.42. The van der Waals surface area contributed by atoms with Gasteiger partial charge in [-0.15, -0.1) is 0 Å². The van der Waals surface area contributed by atoms with Crippen molar-refractivity contribution in [2.24, 2.45) is 0 Å². The van der Waals surface area contributed by atoms with Crippen molar-refractivity contribution in [3.8, 4) is 17.2 Å². The SMILES string of the molecule is COCCN1C(=O)C(=O)/C(=C(/O)c2ccc(OC(C)C)cc2)C1c1cccc(Oc2ccccc2)c1. The quantitative estimate of drug-likeness (QED) is 0.249. The summed E-state index contributed by atoms with van der Waals surface area (Å²) in [6.07, 6.45) is 0.000868. The Morgan fingerprint density at radius 1 is 0.917 bits per heavy atom. The van der Waals surface area contributed by atoms with Gasteiger partial charge in [0, 0.05) is 19.2 Å². The number of carbonyl (C=O) groups is 2. The molecule has 1 aliphatic rings. The van der Waals surface area contributed by atoms with E-state index in [2.05, 4.69) is 0 Å². The van der Waals surface area contributed by atoms with Gasteiger partial charge in [0.1, 0.15) is 23.0 Å². The van der Waals surface area contributed by atoms with Crippen molar-refractivity contribution >= 4 is 17.4 Å². The molecule has 0 aliphatic carbocycles. The minimum Gasteiger partial charge on any atom is -0.507 e. The fourth-order valence-corrected chi connectivity index (χ4v) is 4.14. The highest BCUT2D eigenvalue weighted by molar-refractivity contribution is 6.46. The smallest absolute Gasteiger partial charge is 0.295 e. The van der Waals surface area contributed by atoms with E-state index in [1.165, 1.54) is 12.0 Å². The summed E-state index contributed by atoms with van der Waals surface area (Å²) in [4.78, 5) is 27.6. The minimum absolute atomic E-state index is 0.000868. The van der Waals surface area contributed by atoms with Crippen LogP contribution in [0.25, 0.3) is 5.76 Å². The molecule has 186 valence electrons. The van der Waals surface area contributed by atoms with Crippen molar-refractivity contribution in [1.82, 2.24) is 4.90 Å². The van der Waals surface area contributed by atoms with Gasteiger partial charge in [0.05, 0.1) is 24.3 Å². The second-order valence-electron chi connectivity index (χ2n) is 8.66. The average molecular weight is 488 g/mol. The molecule has 1 heterocycles. The molecule has 0 aromatic heterocycles. The molecule has 0 spiro atoms. The summed E-state index contributed by atoms with van der Waals surface area (Å²) < 4.78 is 16.8. The molecule has 7 heteroatoms. The number of para-hydroxylation sites is 1. The number of amides is 1. The lowest BCUT2D eigenvalue weighted by molar-refractivity contribution is -0.140. The molecule has 3 aromatic rings. The predicted octanol–water partition coefficient (Wildman–Crippen LogP) is 5.33. The predicted molar refractivity (Wildman–Crippen MR) is 136 cm³/mol. The van der Waals surface area contributed by atoms with Crippen LogP contribution in [0.1, 0.15) is 31.0 Å². The van der Waals surface area contributed by atoms with Gasteiger partial charge in [0.25, 0.3) is 11.7 Å². The molecule has 1 atom stereocenters. The minimum atomic E-state index is -0.800. The van der Waals surface area contributed by atoms with E-state index in [1.54, 1.807) is 48.5 Å². The number of hydrogen-bond donors (Lipinski definition) is 1. The maximum Gasteiger partial charge on any atom is 0.295 e. The summed E-state index contributed by atoms with van der Waals surface area (Å²) in [5.41, 5.74) is 1.07. The molecule has 7 nitrogen and oxygen atoms in total. The number of ketones is 1.